The second-order valence-electron chi connectivity index (χ2n) is 8.71. The molecule has 11 heteroatoms. The van der Waals surface area contributed by atoms with E-state index in [0.717, 1.165) is 51.9 Å². The first kappa shape index (κ1) is 26.8. The Kier molecular flexibility index (Phi) is 9.82. The zero-order valence-corrected chi connectivity index (χ0v) is 21.6. The van der Waals surface area contributed by atoms with Gasteiger partial charge in [0.1, 0.15) is 11.4 Å². The highest BCUT2D eigenvalue weighted by Crippen LogP contribution is 2.21. The van der Waals surface area contributed by atoms with Gasteiger partial charge in [-0.1, -0.05) is 20.3 Å². The number of piperidine rings is 1. The molecule has 0 saturated carbocycles. The van der Waals surface area contributed by atoms with Gasteiger partial charge in [0.2, 0.25) is 16.0 Å². The first-order valence-electron chi connectivity index (χ1n) is 12.3. The highest BCUT2D eigenvalue weighted by atomic mass is 32.2. The number of aromatic nitrogens is 2. The maximum atomic E-state index is 13.1. The predicted octanol–water partition coefficient (Wildman–Crippen LogP) is 2.99. The molecular weight excluding hydrogens is 466 g/mol. The van der Waals surface area contributed by atoms with E-state index in [-0.39, 0.29) is 10.8 Å². The van der Waals surface area contributed by atoms with E-state index in [1.807, 2.05) is 0 Å². The number of nitrogens with one attached hydrogen (secondary N) is 4. The molecule has 3 rings (SSSR count). The van der Waals surface area contributed by atoms with E-state index in [9.17, 15) is 13.2 Å². The molecule has 0 bridgehead atoms. The third-order valence-electron chi connectivity index (χ3n) is 6.13. The summed E-state index contributed by atoms with van der Waals surface area (Å²) in [4.78, 5) is 22.2. The van der Waals surface area contributed by atoms with Crippen molar-refractivity contribution in [1.82, 2.24) is 19.6 Å². The fourth-order valence-electron chi connectivity index (χ4n) is 3.73. The molecule has 4 N–H and O–H groups in total. The van der Waals surface area contributed by atoms with E-state index in [0.29, 0.717) is 35.5 Å². The third-order valence-corrected chi connectivity index (χ3v) is 8.08. The lowest BCUT2D eigenvalue weighted by Crippen LogP contribution is -2.31. The molecule has 1 aliphatic heterocycles. The summed E-state index contributed by atoms with van der Waals surface area (Å²) in [7, 11) is -2.01. The number of carbonyl (C=O) groups excluding carboxylic acids is 1. The van der Waals surface area contributed by atoms with Gasteiger partial charge in [-0.2, -0.15) is 4.98 Å². The molecule has 1 aliphatic rings. The molecule has 0 radical (unpaired) electrons. The van der Waals surface area contributed by atoms with Gasteiger partial charge in [-0.3, -0.25) is 4.79 Å². The molecule has 10 nitrogen and oxygen atoms in total. The lowest BCUT2D eigenvalue weighted by Gasteiger charge is -2.23. The Hall–Kier alpha value is -2.76. The van der Waals surface area contributed by atoms with Crippen LogP contribution in [0.4, 0.5) is 17.5 Å². The number of nitrogens with zero attached hydrogens (tertiary/aromatic N) is 3. The lowest BCUT2D eigenvalue weighted by atomic mass is 9.98. The Morgan fingerprint density at radius 2 is 1.86 bits per heavy atom. The van der Waals surface area contributed by atoms with Crippen molar-refractivity contribution in [2.45, 2.75) is 44.4 Å². The van der Waals surface area contributed by atoms with Crippen LogP contribution in [0.1, 0.15) is 49.9 Å². The highest BCUT2D eigenvalue weighted by Gasteiger charge is 2.20. The van der Waals surface area contributed by atoms with Gasteiger partial charge in [-0.05, 0) is 62.5 Å². The molecule has 0 spiro atoms. The van der Waals surface area contributed by atoms with Crippen LogP contribution < -0.4 is 21.3 Å². The molecule has 192 valence electrons. The van der Waals surface area contributed by atoms with Crippen molar-refractivity contribution in [3.8, 4) is 0 Å². The summed E-state index contributed by atoms with van der Waals surface area (Å²) >= 11 is 0. The average molecular weight is 504 g/mol. The molecule has 0 unspecified atom stereocenters. The van der Waals surface area contributed by atoms with Crippen molar-refractivity contribution in [3.05, 3.63) is 36.0 Å². The maximum absolute atomic E-state index is 13.1. The lowest BCUT2D eigenvalue weighted by molar-refractivity contribution is 0.102. The van der Waals surface area contributed by atoms with Crippen molar-refractivity contribution in [3.63, 3.8) is 0 Å². The van der Waals surface area contributed by atoms with Gasteiger partial charge in [0.25, 0.3) is 5.91 Å². The predicted molar refractivity (Wildman–Crippen MR) is 139 cm³/mol. The number of rotatable bonds is 12. The van der Waals surface area contributed by atoms with Crippen molar-refractivity contribution in [1.29, 1.82) is 0 Å². The Labute approximate surface area is 208 Å². The number of benzene rings is 1. The number of hydrogen-bond acceptors (Lipinski definition) is 8. The monoisotopic (exact) mass is 503 g/mol. The molecular formula is C24H37N7O3S. The molecule has 2 aromatic rings. The zero-order valence-electron chi connectivity index (χ0n) is 20.8. The largest absolute Gasteiger partial charge is 0.369 e. The molecule has 0 aliphatic carbocycles. The second kappa shape index (κ2) is 12.8. The maximum Gasteiger partial charge on any atom is 0.260 e. The van der Waals surface area contributed by atoms with Crippen LogP contribution in [0.5, 0.6) is 0 Å². The van der Waals surface area contributed by atoms with Gasteiger partial charge in [0.05, 0.1) is 4.90 Å². The Balaban J connectivity index is 1.75. The van der Waals surface area contributed by atoms with Gasteiger partial charge < -0.3 is 21.3 Å². The number of anilines is 3. The van der Waals surface area contributed by atoms with Crippen LogP contribution in [-0.4, -0.2) is 68.4 Å². The van der Waals surface area contributed by atoms with E-state index in [4.69, 9.17) is 0 Å². The van der Waals surface area contributed by atoms with Gasteiger partial charge in [0.15, 0.2) is 0 Å². The number of sulfonamides is 1. The fraction of sp³-hybridized carbons (Fsp3) is 0.542. The Morgan fingerprint density at radius 3 is 2.51 bits per heavy atom. The molecule has 1 saturated heterocycles. The summed E-state index contributed by atoms with van der Waals surface area (Å²) < 4.78 is 26.3. The number of amides is 1. The fourth-order valence-corrected chi connectivity index (χ4v) is 4.91. The molecule has 1 aromatic heterocycles. The quantitative estimate of drug-likeness (QED) is 0.326. The summed E-state index contributed by atoms with van der Waals surface area (Å²) in [5, 5.41) is 12.8. The Bertz CT molecular complexity index is 1070. The van der Waals surface area contributed by atoms with Crippen LogP contribution >= 0.6 is 0 Å². The van der Waals surface area contributed by atoms with Crippen molar-refractivity contribution < 1.29 is 13.2 Å². The minimum absolute atomic E-state index is 0.176. The molecule has 1 amide bonds. The van der Waals surface area contributed by atoms with Crippen LogP contribution in [-0.2, 0) is 10.0 Å². The SMILES string of the molecule is CCCCNc1ncc(C(=O)Nc2ccc(S(=O)(=O)N(C)CC)cc2)c(NCC2CCNCC2)n1. The smallest absolute Gasteiger partial charge is 0.260 e. The van der Waals surface area contributed by atoms with Crippen molar-refractivity contribution in [2.75, 3.05) is 55.7 Å². The van der Waals surface area contributed by atoms with Gasteiger partial charge in [0, 0.05) is 38.6 Å². The normalized spacial score (nSPS) is 14.6. The first-order valence-corrected chi connectivity index (χ1v) is 13.7. The minimum Gasteiger partial charge on any atom is -0.369 e. The second-order valence-corrected chi connectivity index (χ2v) is 10.8. The molecule has 1 aromatic carbocycles. The van der Waals surface area contributed by atoms with Crippen LogP contribution in [0, 0.1) is 5.92 Å². The summed E-state index contributed by atoms with van der Waals surface area (Å²) in [6.45, 7) is 7.74. The molecule has 35 heavy (non-hydrogen) atoms. The average Bonchev–Trinajstić information content (AvgIpc) is 2.88. The molecule has 1 fully saturated rings. The zero-order chi connectivity index (χ0) is 25.3. The van der Waals surface area contributed by atoms with Gasteiger partial charge >= 0.3 is 0 Å². The van der Waals surface area contributed by atoms with E-state index >= 15 is 0 Å². The van der Waals surface area contributed by atoms with Crippen LogP contribution in [0.3, 0.4) is 0 Å². The summed E-state index contributed by atoms with van der Waals surface area (Å²) in [5.41, 5.74) is 0.824. The van der Waals surface area contributed by atoms with Crippen molar-refractivity contribution in [2.24, 2.45) is 5.92 Å². The summed E-state index contributed by atoms with van der Waals surface area (Å²) in [6.07, 6.45) is 5.73. The third kappa shape index (κ3) is 7.36. The van der Waals surface area contributed by atoms with Crippen LogP contribution in [0.15, 0.2) is 35.4 Å². The highest BCUT2D eigenvalue weighted by molar-refractivity contribution is 7.89. The van der Waals surface area contributed by atoms with E-state index < -0.39 is 10.0 Å². The van der Waals surface area contributed by atoms with Crippen molar-refractivity contribution >= 4 is 33.4 Å². The number of unbranched alkanes of at least 4 members (excludes halogenated alkanes) is 1. The molecule has 0 atom stereocenters. The topological polar surface area (TPSA) is 128 Å². The van der Waals surface area contributed by atoms with E-state index in [2.05, 4.69) is 38.2 Å². The van der Waals surface area contributed by atoms with Gasteiger partial charge in [-0.15, -0.1) is 0 Å². The molecule has 2 heterocycles. The number of hydrogen-bond donors (Lipinski definition) is 4. The summed E-state index contributed by atoms with van der Waals surface area (Å²) in [6, 6.07) is 6.14. The minimum atomic E-state index is -3.55. The standard InChI is InChI=1S/C24H37N7O3S/c1-4-6-13-26-24-28-17-21(22(30-24)27-16-18-11-14-25-15-12-18)23(32)29-19-7-9-20(10-8-19)35(33,34)31(3)5-2/h7-10,17-18,25H,4-6,11-16H2,1-3H3,(H,29,32)(H2,26,27,28,30). The van der Waals surface area contributed by atoms with Gasteiger partial charge in [-0.25, -0.2) is 17.7 Å². The van der Waals surface area contributed by atoms with E-state index in [1.165, 1.54) is 29.7 Å². The summed E-state index contributed by atoms with van der Waals surface area (Å²) in [5.74, 6) is 1.12. The first-order chi connectivity index (χ1) is 16.8. The van der Waals surface area contributed by atoms with E-state index in [1.54, 1.807) is 19.1 Å². The van der Waals surface area contributed by atoms with Crippen LogP contribution in [0.2, 0.25) is 0 Å². The van der Waals surface area contributed by atoms with Crippen LogP contribution in [0.25, 0.3) is 0 Å². The Morgan fingerprint density at radius 1 is 1.14 bits per heavy atom. The number of carbonyl (C=O) groups is 1.